The minimum Gasteiger partial charge on any atom is -0.256 e. The number of benzene rings is 4. The molecule has 0 fully saturated rings. The summed E-state index contributed by atoms with van der Waals surface area (Å²) in [5.74, 6) is 0. The zero-order valence-electron chi connectivity index (χ0n) is 16.1. The molecule has 5 aromatic rings. The molecular formula is C26H16F3N. The molecule has 30 heavy (non-hydrogen) atoms. The predicted molar refractivity (Wildman–Crippen MR) is 115 cm³/mol. The quantitative estimate of drug-likeness (QED) is 0.247. The first-order chi connectivity index (χ1) is 14.4. The molecule has 0 bridgehead atoms. The summed E-state index contributed by atoms with van der Waals surface area (Å²) in [5, 5.41) is 5.15. The maximum absolute atomic E-state index is 14.7. The molecule has 1 aromatic heterocycles. The van der Waals surface area contributed by atoms with Crippen LogP contribution in [0.5, 0.6) is 0 Å². The highest BCUT2D eigenvalue weighted by Crippen LogP contribution is 2.56. The molecular weight excluding hydrogens is 383 g/mol. The molecule has 0 saturated heterocycles. The lowest BCUT2D eigenvalue weighted by atomic mass is 9.67. The van der Waals surface area contributed by atoms with E-state index in [1.165, 1.54) is 6.92 Å². The minimum atomic E-state index is -4.46. The van der Waals surface area contributed by atoms with E-state index in [2.05, 4.69) is 4.98 Å². The first kappa shape index (κ1) is 17.5. The van der Waals surface area contributed by atoms with Crippen molar-refractivity contribution in [2.24, 2.45) is 0 Å². The van der Waals surface area contributed by atoms with Gasteiger partial charge in [-0.3, -0.25) is 4.98 Å². The number of hydrogen-bond donors (Lipinski definition) is 0. The summed E-state index contributed by atoms with van der Waals surface area (Å²) in [5.41, 5.74) is -0.422. The fourth-order valence-electron chi connectivity index (χ4n) is 5.04. The van der Waals surface area contributed by atoms with Crippen LogP contribution in [-0.4, -0.2) is 11.2 Å². The van der Waals surface area contributed by atoms with Gasteiger partial charge in [-0.2, -0.15) is 13.2 Å². The molecule has 1 aliphatic carbocycles. The third-order valence-corrected chi connectivity index (χ3v) is 6.60. The maximum atomic E-state index is 14.7. The van der Waals surface area contributed by atoms with Gasteiger partial charge in [-0.1, -0.05) is 60.7 Å². The van der Waals surface area contributed by atoms with E-state index >= 15 is 0 Å². The molecule has 1 nitrogen and oxygen atoms in total. The topological polar surface area (TPSA) is 12.9 Å². The van der Waals surface area contributed by atoms with Gasteiger partial charge in [0.2, 0.25) is 0 Å². The number of pyridine rings is 1. The molecule has 1 heterocycles. The van der Waals surface area contributed by atoms with Crippen LogP contribution in [0.4, 0.5) is 13.2 Å². The van der Waals surface area contributed by atoms with Gasteiger partial charge >= 0.3 is 6.18 Å². The van der Waals surface area contributed by atoms with Gasteiger partial charge < -0.3 is 0 Å². The van der Waals surface area contributed by atoms with Crippen LogP contribution in [0, 0.1) is 0 Å². The molecule has 0 saturated carbocycles. The number of fused-ring (bicyclic) bond motifs is 6. The largest absolute Gasteiger partial charge is 0.402 e. The van der Waals surface area contributed by atoms with Crippen molar-refractivity contribution in [1.82, 2.24) is 4.98 Å². The average molecular weight is 399 g/mol. The van der Waals surface area contributed by atoms with E-state index in [1.807, 2.05) is 42.5 Å². The standard InChI is InChI=1S/C26H16F3N/c1-25(26(27,28)29)21-9-5-4-8-19(21)24-23-18(12-13-30-24)17-11-10-15-6-2-3-7-16(15)20(17)14-22(23)25/h2-14H,1H3. The van der Waals surface area contributed by atoms with Crippen molar-refractivity contribution < 1.29 is 13.2 Å². The van der Waals surface area contributed by atoms with Crippen molar-refractivity contribution in [2.75, 3.05) is 0 Å². The summed E-state index contributed by atoms with van der Waals surface area (Å²) < 4.78 is 44.2. The van der Waals surface area contributed by atoms with Crippen molar-refractivity contribution in [2.45, 2.75) is 18.5 Å². The van der Waals surface area contributed by atoms with Crippen molar-refractivity contribution in [3.8, 4) is 11.3 Å². The number of halogens is 3. The van der Waals surface area contributed by atoms with Crippen molar-refractivity contribution in [3.05, 3.63) is 90.1 Å². The first-order valence-corrected chi connectivity index (χ1v) is 9.81. The van der Waals surface area contributed by atoms with Crippen molar-refractivity contribution in [3.63, 3.8) is 0 Å². The van der Waals surface area contributed by atoms with Crippen LogP contribution in [-0.2, 0) is 5.41 Å². The van der Waals surface area contributed by atoms with Gasteiger partial charge in [0.05, 0.1) is 5.69 Å². The van der Waals surface area contributed by atoms with Crippen LogP contribution in [0.15, 0.2) is 79.0 Å². The van der Waals surface area contributed by atoms with Gasteiger partial charge in [0.1, 0.15) is 5.41 Å². The zero-order chi connectivity index (χ0) is 20.7. The lowest BCUT2D eigenvalue weighted by Crippen LogP contribution is -2.42. The second kappa shape index (κ2) is 5.60. The van der Waals surface area contributed by atoms with Gasteiger partial charge in [-0.15, -0.1) is 0 Å². The highest BCUT2D eigenvalue weighted by molar-refractivity contribution is 6.21. The van der Waals surface area contributed by atoms with Gasteiger partial charge in [0.15, 0.2) is 0 Å². The maximum Gasteiger partial charge on any atom is 0.402 e. The normalized spacial score (nSPS) is 18.1. The molecule has 6 rings (SSSR count). The molecule has 4 heteroatoms. The Hall–Kier alpha value is -3.40. The van der Waals surface area contributed by atoms with E-state index in [-0.39, 0.29) is 11.1 Å². The van der Waals surface area contributed by atoms with E-state index in [1.54, 1.807) is 36.5 Å². The number of aromatic nitrogens is 1. The number of hydrogen-bond acceptors (Lipinski definition) is 1. The van der Waals surface area contributed by atoms with Crippen molar-refractivity contribution >= 4 is 32.3 Å². The second-order valence-corrected chi connectivity index (χ2v) is 8.06. The first-order valence-electron chi connectivity index (χ1n) is 9.81. The van der Waals surface area contributed by atoms with Crippen LogP contribution in [0.2, 0.25) is 0 Å². The number of alkyl halides is 3. The van der Waals surface area contributed by atoms with Crippen LogP contribution in [0.3, 0.4) is 0 Å². The van der Waals surface area contributed by atoms with E-state index in [0.29, 0.717) is 16.6 Å². The van der Waals surface area contributed by atoms with Crippen LogP contribution < -0.4 is 0 Å². The summed E-state index contributed by atoms with van der Waals surface area (Å²) >= 11 is 0. The summed E-state index contributed by atoms with van der Waals surface area (Å²) in [6, 6.07) is 22.2. The minimum absolute atomic E-state index is 0.254. The van der Waals surface area contributed by atoms with E-state index < -0.39 is 11.6 Å². The Bertz CT molecular complexity index is 1500. The monoisotopic (exact) mass is 399 g/mol. The van der Waals surface area contributed by atoms with E-state index in [9.17, 15) is 13.2 Å². The number of rotatable bonds is 0. The Morgan fingerprint density at radius 2 is 1.50 bits per heavy atom. The highest BCUT2D eigenvalue weighted by atomic mass is 19.4. The SMILES string of the molecule is CC1(C(F)(F)F)c2ccccc2-c2nccc3c2c1cc1c2ccccc2ccc31. The molecule has 0 amide bonds. The molecule has 1 atom stereocenters. The second-order valence-electron chi connectivity index (χ2n) is 8.06. The Balaban J connectivity index is 1.92. The van der Waals surface area contributed by atoms with Gasteiger partial charge in [0, 0.05) is 17.1 Å². The lowest BCUT2D eigenvalue weighted by molar-refractivity contribution is -0.172. The third-order valence-electron chi connectivity index (χ3n) is 6.60. The zero-order valence-corrected chi connectivity index (χ0v) is 16.1. The molecule has 146 valence electrons. The molecule has 0 radical (unpaired) electrons. The Morgan fingerprint density at radius 3 is 2.33 bits per heavy atom. The summed E-state index contributed by atoms with van der Waals surface area (Å²) in [6.45, 7) is 1.30. The van der Waals surface area contributed by atoms with E-state index in [0.717, 1.165) is 26.9 Å². The summed E-state index contributed by atoms with van der Waals surface area (Å²) in [6.07, 6.45) is -2.76. The van der Waals surface area contributed by atoms with Gasteiger partial charge in [0.25, 0.3) is 0 Å². The van der Waals surface area contributed by atoms with Crippen LogP contribution in [0.25, 0.3) is 43.6 Å². The lowest BCUT2D eigenvalue weighted by Gasteiger charge is -2.39. The molecule has 0 aliphatic heterocycles. The molecule has 0 spiro atoms. The molecule has 0 N–H and O–H groups in total. The highest BCUT2D eigenvalue weighted by Gasteiger charge is 2.56. The van der Waals surface area contributed by atoms with E-state index in [4.69, 9.17) is 0 Å². The summed E-state index contributed by atoms with van der Waals surface area (Å²) in [4.78, 5) is 4.53. The van der Waals surface area contributed by atoms with Gasteiger partial charge in [-0.25, -0.2) is 0 Å². The molecule has 1 aliphatic rings. The Kier molecular flexibility index (Phi) is 3.26. The predicted octanol–water partition coefficient (Wildman–Crippen LogP) is 7.39. The van der Waals surface area contributed by atoms with Crippen LogP contribution in [0.1, 0.15) is 18.1 Å². The fraction of sp³-hybridized carbons (Fsp3) is 0.115. The third kappa shape index (κ3) is 2.01. The number of nitrogens with zero attached hydrogens (tertiary/aromatic N) is 1. The Morgan fingerprint density at radius 1 is 0.733 bits per heavy atom. The van der Waals surface area contributed by atoms with Crippen molar-refractivity contribution in [1.29, 1.82) is 0 Å². The smallest absolute Gasteiger partial charge is 0.256 e. The Labute approximate surface area is 170 Å². The fourth-order valence-corrected chi connectivity index (χ4v) is 5.04. The van der Waals surface area contributed by atoms with Gasteiger partial charge in [-0.05, 0) is 57.1 Å². The average Bonchev–Trinajstić information content (AvgIpc) is 2.76. The van der Waals surface area contributed by atoms with Crippen LogP contribution >= 0.6 is 0 Å². The molecule has 1 unspecified atom stereocenters. The summed E-state index contributed by atoms with van der Waals surface area (Å²) in [7, 11) is 0. The molecule has 4 aromatic carbocycles.